The van der Waals surface area contributed by atoms with E-state index in [1.165, 1.54) is 33.5 Å². The van der Waals surface area contributed by atoms with Crippen LogP contribution in [-0.2, 0) is 24.3 Å². The second-order valence-electron chi connectivity index (χ2n) is 5.34. The first-order chi connectivity index (χ1) is 12.3. The highest BCUT2D eigenvalue weighted by atomic mass is 35.5. The third-order valence-corrected chi connectivity index (χ3v) is 7.21. The maximum atomic E-state index is 12.5. The highest BCUT2D eigenvalue weighted by Gasteiger charge is 2.31. The number of esters is 1. The molecule has 142 valence electrons. The molecule has 0 atom stereocenters. The number of hydrogen-bond acceptors (Lipinski definition) is 6. The quantitative estimate of drug-likeness (QED) is 0.400. The van der Waals surface area contributed by atoms with Gasteiger partial charge in [-0.25, -0.2) is 13.2 Å². The van der Waals surface area contributed by atoms with Crippen molar-refractivity contribution in [3.63, 3.8) is 0 Å². The van der Waals surface area contributed by atoms with Gasteiger partial charge in [0, 0.05) is 32.3 Å². The Hall–Kier alpha value is -1.68. The van der Waals surface area contributed by atoms with E-state index in [0.717, 1.165) is 11.3 Å². The number of piperazine rings is 1. The Balaban J connectivity index is 1.84. The number of hydrogen-bond donors (Lipinski definition) is 0. The lowest BCUT2D eigenvalue weighted by Crippen LogP contribution is -2.51. The fourth-order valence-electron chi connectivity index (χ4n) is 2.26. The normalized spacial score (nSPS) is 16.5. The standard InChI is InChI=1S/C16H19ClN2O5S2/c1-2-3-4-5-15(21)24-12-14(20)18-8-10-19(11-9-18)26(22,23)16-7-6-13(17)25-16/h2-7H,8-12H2,1H3/b3-2+,5-4+. The SMILES string of the molecule is C/C=C/C=C/C(=O)OCC(=O)N1CCN(S(=O)(=O)c2ccc(Cl)s2)CC1. The molecule has 1 aromatic heterocycles. The molecule has 0 bridgehead atoms. The first-order valence-corrected chi connectivity index (χ1v) is 10.5. The first kappa shape index (κ1) is 20.6. The summed E-state index contributed by atoms with van der Waals surface area (Å²) < 4.78 is 31.8. The molecular formula is C16H19ClN2O5S2. The number of sulfonamides is 1. The van der Waals surface area contributed by atoms with Crippen LogP contribution < -0.4 is 0 Å². The molecule has 2 rings (SSSR count). The molecule has 1 amide bonds. The molecule has 1 aromatic rings. The summed E-state index contributed by atoms with van der Waals surface area (Å²) in [5.74, 6) is -0.957. The number of amides is 1. The van der Waals surface area contributed by atoms with E-state index in [-0.39, 0.29) is 42.9 Å². The number of ether oxygens (including phenoxy) is 1. The van der Waals surface area contributed by atoms with Crippen molar-refractivity contribution in [2.75, 3.05) is 32.8 Å². The summed E-state index contributed by atoms with van der Waals surface area (Å²) in [7, 11) is -3.60. The maximum absolute atomic E-state index is 12.5. The van der Waals surface area contributed by atoms with Crippen molar-refractivity contribution in [1.29, 1.82) is 0 Å². The number of halogens is 1. The monoisotopic (exact) mass is 418 g/mol. The van der Waals surface area contributed by atoms with Gasteiger partial charge in [0.2, 0.25) is 0 Å². The smallest absolute Gasteiger partial charge is 0.331 e. The number of rotatable bonds is 6. The molecule has 0 aliphatic carbocycles. The largest absolute Gasteiger partial charge is 0.452 e. The molecule has 7 nitrogen and oxygen atoms in total. The summed E-state index contributed by atoms with van der Waals surface area (Å²) in [4.78, 5) is 25.0. The zero-order valence-electron chi connectivity index (χ0n) is 14.1. The number of nitrogens with zero attached hydrogens (tertiary/aromatic N) is 2. The van der Waals surface area contributed by atoms with E-state index in [2.05, 4.69) is 0 Å². The van der Waals surface area contributed by atoms with E-state index in [4.69, 9.17) is 16.3 Å². The summed E-state index contributed by atoms with van der Waals surface area (Å²) in [5, 5.41) is 0. The highest BCUT2D eigenvalue weighted by Crippen LogP contribution is 2.28. The summed E-state index contributed by atoms with van der Waals surface area (Å²) >= 11 is 6.80. The Bertz CT molecular complexity index is 808. The minimum Gasteiger partial charge on any atom is -0.452 e. The van der Waals surface area contributed by atoms with Gasteiger partial charge in [0.25, 0.3) is 15.9 Å². The van der Waals surface area contributed by atoms with Crippen LogP contribution in [0.5, 0.6) is 0 Å². The number of carbonyl (C=O) groups is 2. The fraction of sp³-hybridized carbons (Fsp3) is 0.375. The molecule has 2 heterocycles. The molecule has 1 fully saturated rings. The molecule has 0 aromatic carbocycles. The van der Waals surface area contributed by atoms with Gasteiger partial charge in [-0.3, -0.25) is 4.79 Å². The second kappa shape index (κ2) is 9.31. The maximum Gasteiger partial charge on any atom is 0.331 e. The minimum absolute atomic E-state index is 0.179. The second-order valence-corrected chi connectivity index (χ2v) is 9.22. The average molecular weight is 419 g/mol. The lowest BCUT2D eigenvalue weighted by Gasteiger charge is -2.33. The van der Waals surface area contributed by atoms with Crippen LogP contribution in [0, 0.1) is 0 Å². The molecule has 0 saturated carbocycles. The van der Waals surface area contributed by atoms with Crippen molar-refractivity contribution in [3.05, 3.63) is 40.8 Å². The molecule has 0 spiro atoms. The molecule has 1 aliphatic heterocycles. The molecule has 1 saturated heterocycles. The van der Waals surface area contributed by atoms with Gasteiger partial charge in [-0.1, -0.05) is 29.8 Å². The van der Waals surface area contributed by atoms with Gasteiger partial charge < -0.3 is 9.64 Å². The molecule has 0 radical (unpaired) electrons. The summed E-state index contributed by atoms with van der Waals surface area (Å²) in [5.41, 5.74) is 0. The molecular weight excluding hydrogens is 400 g/mol. The van der Waals surface area contributed by atoms with Crippen molar-refractivity contribution >= 4 is 44.8 Å². The van der Waals surface area contributed by atoms with Crippen molar-refractivity contribution in [1.82, 2.24) is 9.21 Å². The van der Waals surface area contributed by atoms with E-state index in [1.807, 2.05) is 6.92 Å². The van der Waals surface area contributed by atoms with Crippen molar-refractivity contribution in [2.24, 2.45) is 0 Å². The van der Waals surface area contributed by atoms with E-state index < -0.39 is 16.0 Å². The minimum atomic E-state index is -3.60. The predicted octanol–water partition coefficient (Wildman–Crippen LogP) is 1.91. The molecule has 10 heteroatoms. The summed E-state index contributed by atoms with van der Waals surface area (Å²) in [6, 6.07) is 3.01. The Morgan fingerprint density at radius 3 is 2.50 bits per heavy atom. The Labute approximate surface area is 161 Å². The Morgan fingerprint density at radius 1 is 1.23 bits per heavy atom. The van der Waals surface area contributed by atoms with Crippen molar-refractivity contribution in [2.45, 2.75) is 11.1 Å². The number of thiophene rings is 1. The van der Waals surface area contributed by atoms with Crippen LogP contribution in [-0.4, -0.2) is 62.3 Å². The third-order valence-electron chi connectivity index (χ3n) is 3.61. The van der Waals surface area contributed by atoms with Gasteiger partial charge in [0.1, 0.15) is 4.21 Å². The fourth-order valence-corrected chi connectivity index (χ4v) is 5.32. The Kier molecular flexibility index (Phi) is 7.39. The van der Waals surface area contributed by atoms with Gasteiger partial charge in [-0.15, -0.1) is 11.3 Å². The van der Waals surface area contributed by atoms with Crippen LogP contribution in [0.25, 0.3) is 0 Å². The van der Waals surface area contributed by atoms with Crippen LogP contribution >= 0.6 is 22.9 Å². The lowest BCUT2D eigenvalue weighted by molar-refractivity contribution is -0.148. The molecule has 1 aliphatic rings. The third kappa shape index (κ3) is 5.41. The van der Waals surface area contributed by atoms with Crippen molar-refractivity contribution < 1.29 is 22.7 Å². The molecule has 26 heavy (non-hydrogen) atoms. The Morgan fingerprint density at radius 2 is 1.92 bits per heavy atom. The first-order valence-electron chi connectivity index (χ1n) is 7.84. The van der Waals surface area contributed by atoms with Gasteiger partial charge in [0.05, 0.1) is 4.34 Å². The van der Waals surface area contributed by atoms with Gasteiger partial charge in [0.15, 0.2) is 6.61 Å². The van der Waals surface area contributed by atoms with E-state index in [0.29, 0.717) is 4.34 Å². The summed E-state index contributed by atoms with van der Waals surface area (Å²) in [6.07, 6.45) is 6.17. The average Bonchev–Trinajstić information content (AvgIpc) is 3.07. The van der Waals surface area contributed by atoms with Gasteiger partial charge in [-0.2, -0.15) is 4.31 Å². The molecule has 0 unspecified atom stereocenters. The topological polar surface area (TPSA) is 84.0 Å². The van der Waals surface area contributed by atoms with Crippen molar-refractivity contribution in [3.8, 4) is 0 Å². The van der Waals surface area contributed by atoms with Crippen LogP contribution in [0.4, 0.5) is 0 Å². The van der Waals surface area contributed by atoms with Crippen LogP contribution in [0.15, 0.2) is 40.6 Å². The zero-order chi connectivity index (χ0) is 19.2. The van der Waals surface area contributed by atoms with E-state index in [9.17, 15) is 18.0 Å². The van der Waals surface area contributed by atoms with Gasteiger partial charge in [-0.05, 0) is 19.1 Å². The number of carbonyl (C=O) groups excluding carboxylic acids is 2. The predicted molar refractivity (Wildman–Crippen MR) is 99.6 cm³/mol. The van der Waals surface area contributed by atoms with Crippen LogP contribution in [0.2, 0.25) is 4.34 Å². The number of allylic oxidation sites excluding steroid dienone is 3. The van der Waals surface area contributed by atoms with E-state index in [1.54, 1.807) is 12.2 Å². The van der Waals surface area contributed by atoms with Gasteiger partial charge >= 0.3 is 5.97 Å². The zero-order valence-corrected chi connectivity index (χ0v) is 16.5. The lowest BCUT2D eigenvalue weighted by atomic mass is 10.3. The van der Waals surface area contributed by atoms with Crippen LogP contribution in [0.1, 0.15) is 6.92 Å². The molecule has 0 N–H and O–H groups in total. The summed E-state index contributed by atoms with van der Waals surface area (Å²) in [6.45, 7) is 2.28. The van der Waals surface area contributed by atoms with Crippen LogP contribution in [0.3, 0.4) is 0 Å². The van der Waals surface area contributed by atoms with E-state index >= 15 is 0 Å². The highest BCUT2D eigenvalue weighted by molar-refractivity contribution is 7.91.